The van der Waals surface area contributed by atoms with Gasteiger partial charge in [-0.05, 0) is 42.8 Å². The Morgan fingerprint density at radius 1 is 0.714 bits per heavy atom. The van der Waals surface area contributed by atoms with E-state index in [1.807, 2.05) is 35.3 Å². The molecule has 0 amide bonds. The molecule has 0 aliphatic carbocycles. The van der Waals surface area contributed by atoms with E-state index in [1.165, 1.54) is 11.1 Å². The molecule has 1 aliphatic rings. The maximum absolute atomic E-state index is 14.0. The van der Waals surface area contributed by atoms with Gasteiger partial charge in [0, 0.05) is 44.1 Å². The Hall–Kier alpha value is -2.50. The van der Waals surface area contributed by atoms with Crippen LogP contribution < -0.4 is 0 Å². The van der Waals surface area contributed by atoms with Gasteiger partial charge >= 0.3 is 0 Å². The quantitative estimate of drug-likeness (QED) is 0.652. The second kappa shape index (κ2) is 9.13. The second-order valence-corrected chi connectivity index (χ2v) is 7.47. The fraction of sp³-hybridized carbons (Fsp3) is 0.348. The summed E-state index contributed by atoms with van der Waals surface area (Å²) in [7, 11) is 0. The SMILES string of the molecule is Fc1ccccc1CN1CCCN(Cc2ccccc2Cn2cccn2)CC1. The first-order chi connectivity index (χ1) is 13.8. The number of hydrogen-bond acceptors (Lipinski definition) is 3. The Morgan fingerprint density at radius 2 is 1.32 bits per heavy atom. The Kier molecular flexibility index (Phi) is 6.14. The second-order valence-electron chi connectivity index (χ2n) is 7.47. The van der Waals surface area contributed by atoms with Crippen LogP contribution >= 0.6 is 0 Å². The molecular weight excluding hydrogens is 351 g/mol. The molecule has 0 spiro atoms. The summed E-state index contributed by atoms with van der Waals surface area (Å²) >= 11 is 0. The van der Waals surface area contributed by atoms with Crippen LogP contribution in [-0.2, 0) is 19.6 Å². The highest BCUT2D eigenvalue weighted by atomic mass is 19.1. The van der Waals surface area contributed by atoms with Gasteiger partial charge in [0.15, 0.2) is 0 Å². The van der Waals surface area contributed by atoms with E-state index >= 15 is 0 Å². The third-order valence-electron chi connectivity index (χ3n) is 5.44. The smallest absolute Gasteiger partial charge is 0.127 e. The summed E-state index contributed by atoms with van der Waals surface area (Å²) in [6, 6.07) is 17.7. The fourth-order valence-electron chi connectivity index (χ4n) is 3.88. The van der Waals surface area contributed by atoms with E-state index in [0.29, 0.717) is 6.54 Å². The predicted octanol–water partition coefficient (Wildman–Crippen LogP) is 3.78. The Labute approximate surface area is 166 Å². The van der Waals surface area contributed by atoms with Crippen LogP contribution in [0.25, 0.3) is 0 Å². The highest BCUT2D eigenvalue weighted by Gasteiger charge is 2.17. The lowest BCUT2D eigenvalue weighted by Crippen LogP contribution is -2.30. The van der Waals surface area contributed by atoms with Gasteiger partial charge in [-0.15, -0.1) is 0 Å². The zero-order valence-electron chi connectivity index (χ0n) is 16.2. The average molecular weight is 378 g/mol. The third-order valence-corrected chi connectivity index (χ3v) is 5.44. The van der Waals surface area contributed by atoms with Crippen LogP contribution in [0.1, 0.15) is 23.1 Å². The van der Waals surface area contributed by atoms with Gasteiger partial charge in [0.1, 0.15) is 5.82 Å². The lowest BCUT2D eigenvalue weighted by Gasteiger charge is -2.23. The molecule has 2 aromatic carbocycles. The molecule has 1 saturated heterocycles. The molecule has 4 rings (SSSR count). The number of nitrogens with zero attached hydrogens (tertiary/aromatic N) is 4. The summed E-state index contributed by atoms with van der Waals surface area (Å²) in [4.78, 5) is 4.89. The lowest BCUT2D eigenvalue weighted by atomic mass is 10.1. The van der Waals surface area contributed by atoms with Gasteiger partial charge in [0.05, 0.1) is 6.54 Å². The van der Waals surface area contributed by atoms with Crippen LogP contribution in [0.4, 0.5) is 4.39 Å². The van der Waals surface area contributed by atoms with Crippen LogP contribution in [0, 0.1) is 5.82 Å². The van der Waals surface area contributed by atoms with E-state index in [1.54, 1.807) is 12.1 Å². The van der Waals surface area contributed by atoms with Crippen molar-refractivity contribution in [1.82, 2.24) is 19.6 Å². The van der Waals surface area contributed by atoms with Gasteiger partial charge in [0.25, 0.3) is 0 Å². The maximum Gasteiger partial charge on any atom is 0.127 e. The summed E-state index contributed by atoms with van der Waals surface area (Å²) in [5.74, 6) is -0.101. The van der Waals surface area contributed by atoms with Crippen molar-refractivity contribution < 1.29 is 4.39 Å². The molecule has 1 aliphatic heterocycles. The molecule has 0 bridgehead atoms. The molecule has 5 heteroatoms. The molecule has 3 aromatic rings. The summed E-state index contributed by atoms with van der Waals surface area (Å²) in [6.45, 7) is 6.50. The monoisotopic (exact) mass is 378 g/mol. The zero-order valence-corrected chi connectivity index (χ0v) is 16.2. The average Bonchev–Trinajstić information content (AvgIpc) is 3.12. The first-order valence-electron chi connectivity index (χ1n) is 10.0. The largest absolute Gasteiger partial charge is 0.298 e. The Balaban J connectivity index is 1.37. The Morgan fingerprint density at radius 3 is 1.96 bits per heavy atom. The molecule has 4 nitrogen and oxygen atoms in total. The van der Waals surface area contributed by atoms with Crippen LogP contribution in [0.3, 0.4) is 0 Å². The fourth-order valence-corrected chi connectivity index (χ4v) is 3.88. The van der Waals surface area contributed by atoms with Crippen molar-refractivity contribution in [2.45, 2.75) is 26.1 Å². The van der Waals surface area contributed by atoms with Crippen LogP contribution in [0.2, 0.25) is 0 Å². The van der Waals surface area contributed by atoms with Gasteiger partial charge < -0.3 is 0 Å². The molecule has 0 unspecified atom stereocenters. The van der Waals surface area contributed by atoms with E-state index in [9.17, 15) is 4.39 Å². The van der Waals surface area contributed by atoms with Crippen LogP contribution in [0.5, 0.6) is 0 Å². The Bertz CT molecular complexity index is 878. The van der Waals surface area contributed by atoms with Crippen molar-refractivity contribution in [2.24, 2.45) is 0 Å². The molecule has 0 N–H and O–H groups in total. The number of aromatic nitrogens is 2. The molecule has 0 radical (unpaired) electrons. The van der Waals surface area contributed by atoms with Gasteiger partial charge in [-0.1, -0.05) is 42.5 Å². The summed E-state index contributed by atoms with van der Waals surface area (Å²) in [5, 5.41) is 4.34. The van der Waals surface area contributed by atoms with Crippen molar-refractivity contribution in [2.75, 3.05) is 26.2 Å². The van der Waals surface area contributed by atoms with Crippen molar-refractivity contribution in [3.05, 3.63) is 89.5 Å². The van der Waals surface area contributed by atoms with Gasteiger partial charge in [-0.2, -0.15) is 5.10 Å². The van der Waals surface area contributed by atoms with E-state index in [2.05, 4.69) is 39.2 Å². The number of benzene rings is 2. The number of hydrogen-bond donors (Lipinski definition) is 0. The molecule has 1 aromatic heterocycles. The predicted molar refractivity (Wildman–Crippen MR) is 109 cm³/mol. The van der Waals surface area contributed by atoms with Crippen molar-refractivity contribution in [1.29, 1.82) is 0 Å². The standard InChI is InChI=1S/C23H27FN4/c24-23-10-4-3-9-22(23)18-27-13-6-12-26(15-16-27)17-20-7-1-2-8-21(20)19-28-14-5-11-25-28/h1-5,7-11,14H,6,12-13,15-19H2. The first kappa shape index (κ1) is 18.8. The normalized spacial score (nSPS) is 16.2. The highest BCUT2D eigenvalue weighted by Crippen LogP contribution is 2.16. The van der Waals surface area contributed by atoms with E-state index in [4.69, 9.17) is 0 Å². The lowest BCUT2D eigenvalue weighted by molar-refractivity contribution is 0.245. The molecule has 28 heavy (non-hydrogen) atoms. The minimum atomic E-state index is -0.101. The van der Waals surface area contributed by atoms with Crippen molar-refractivity contribution >= 4 is 0 Å². The van der Waals surface area contributed by atoms with Gasteiger partial charge in [0.2, 0.25) is 0 Å². The third kappa shape index (κ3) is 4.86. The van der Waals surface area contributed by atoms with E-state index in [-0.39, 0.29) is 5.82 Å². The molecule has 0 atom stereocenters. The van der Waals surface area contributed by atoms with E-state index < -0.39 is 0 Å². The first-order valence-corrected chi connectivity index (χ1v) is 10.0. The molecule has 1 fully saturated rings. The van der Waals surface area contributed by atoms with Crippen LogP contribution in [-0.4, -0.2) is 45.8 Å². The summed E-state index contributed by atoms with van der Waals surface area (Å²) in [5.41, 5.74) is 3.47. The zero-order chi connectivity index (χ0) is 19.2. The maximum atomic E-state index is 14.0. The van der Waals surface area contributed by atoms with E-state index in [0.717, 1.165) is 51.3 Å². The molecule has 2 heterocycles. The molecule has 146 valence electrons. The minimum Gasteiger partial charge on any atom is -0.298 e. The molecule has 0 saturated carbocycles. The summed E-state index contributed by atoms with van der Waals surface area (Å²) in [6.07, 6.45) is 4.93. The van der Waals surface area contributed by atoms with Crippen molar-refractivity contribution in [3.8, 4) is 0 Å². The number of halogens is 1. The minimum absolute atomic E-state index is 0.101. The highest BCUT2D eigenvalue weighted by molar-refractivity contribution is 5.27. The van der Waals surface area contributed by atoms with Crippen LogP contribution in [0.15, 0.2) is 67.0 Å². The molecular formula is C23H27FN4. The number of rotatable bonds is 6. The van der Waals surface area contributed by atoms with Crippen molar-refractivity contribution in [3.63, 3.8) is 0 Å². The van der Waals surface area contributed by atoms with Gasteiger partial charge in [-0.3, -0.25) is 14.5 Å². The van der Waals surface area contributed by atoms with Gasteiger partial charge in [-0.25, -0.2) is 4.39 Å². The topological polar surface area (TPSA) is 24.3 Å². The summed E-state index contributed by atoms with van der Waals surface area (Å²) < 4.78 is 15.9.